The summed E-state index contributed by atoms with van der Waals surface area (Å²) in [5.74, 6) is -2.63. The molecular formula is C16H19FN2O4. The number of aliphatic carboxylic acids is 1. The number of hydrogen-bond donors (Lipinski definition) is 1. The fourth-order valence-corrected chi connectivity index (χ4v) is 2.99. The van der Waals surface area contributed by atoms with Gasteiger partial charge in [-0.2, -0.15) is 0 Å². The van der Waals surface area contributed by atoms with E-state index >= 15 is 0 Å². The SMILES string of the molecule is O=C(O)C1CC(=O)N(c2ccc(CN3CCOCC3)cc2F)C1. The van der Waals surface area contributed by atoms with Crippen LogP contribution in [0.5, 0.6) is 0 Å². The molecule has 7 heteroatoms. The van der Waals surface area contributed by atoms with E-state index < -0.39 is 17.7 Å². The molecule has 2 aliphatic heterocycles. The molecule has 3 rings (SSSR count). The first-order valence-electron chi connectivity index (χ1n) is 7.66. The number of ether oxygens (including phenoxy) is 1. The summed E-state index contributed by atoms with van der Waals surface area (Å²) in [6, 6.07) is 4.77. The number of amides is 1. The number of halogens is 1. The van der Waals surface area contributed by atoms with Crippen molar-refractivity contribution in [1.82, 2.24) is 4.90 Å². The minimum Gasteiger partial charge on any atom is -0.481 e. The molecule has 0 aromatic heterocycles. The quantitative estimate of drug-likeness (QED) is 0.899. The summed E-state index contributed by atoms with van der Waals surface area (Å²) in [6.45, 7) is 3.64. The summed E-state index contributed by atoms with van der Waals surface area (Å²) in [5.41, 5.74) is 0.985. The summed E-state index contributed by atoms with van der Waals surface area (Å²) in [7, 11) is 0. The van der Waals surface area contributed by atoms with E-state index in [9.17, 15) is 14.0 Å². The second kappa shape index (κ2) is 6.64. The van der Waals surface area contributed by atoms with Gasteiger partial charge in [-0.1, -0.05) is 6.07 Å². The van der Waals surface area contributed by atoms with Crippen LogP contribution in [0.1, 0.15) is 12.0 Å². The van der Waals surface area contributed by atoms with Crippen molar-refractivity contribution in [2.24, 2.45) is 5.92 Å². The van der Waals surface area contributed by atoms with E-state index in [1.165, 1.54) is 11.0 Å². The molecule has 1 atom stereocenters. The number of nitrogens with zero attached hydrogens (tertiary/aromatic N) is 2. The van der Waals surface area contributed by atoms with Crippen molar-refractivity contribution in [3.05, 3.63) is 29.6 Å². The maximum Gasteiger partial charge on any atom is 0.308 e. The molecule has 124 valence electrons. The van der Waals surface area contributed by atoms with Crippen LogP contribution in [0.2, 0.25) is 0 Å². The van der Waals surface area contributed by atoms with Gasteiger partial charge in [0.1, 0.15) is 5.82 Å². The van der Waals surface area contributed by atoms with Crippen molar-refractivity contribution in [1.29, 1.82) is 0 Å². The molecular weight excluding hydrogens is 303 g/mol. The highest BCUT2D eigenvalue weighted by molar-refractivity contribution is 5.99. The van der Waals surface area contributed by atoms with Gasteiger partial charge < -0.3 is 14.7 Å². The predicted molar refractivity (Wildman–Crippen MR) is 80.6 cm³/mol. The molecule has 6 nitrogen and oxygen atoms in total. The normalized spacial score (nSPS) is 22.6. The number of carbonyl (C=O) groups excluding carboxylic acids is 1. The van der Waals surface area contributed by atoms with Crippen molar-refractivity contribution in [2.45, 2.75) is 13.0 Å². The molecule has 1 aromatic carbocycles. The lowest BCUT2D eigenvalue weighted by Gasteiger charge is -2.27. The van der Waals surface area contributed by atoms with Crippen LogP contribution in [-0.4, -0.2) is 54.7 Å². The second-order valence-electron chi connectivity index (χ2n) is 5.92. The van der Waals surface area contributed by atoms with E-state index in [-0.39, 0.29) is 24.6 Å². The van der Waals surface area contributed by atoms with E-state index in [4.69, 9.17) is 9.84 Å². The van der Waals surface area contributed by atoms with Crippen LogP contribution >= 0.6 is 0 Å². The zero-order valence-corrected chi connectivity index (χ0v) is 12.7. The van der Waals surface area contributed by atoms with Gasteiger partial charge in [0.05, 0.1) is 24.8 Å². The van der Waals surface area contributed by atoms with Gasteiger partial charge in [-0.15, -0.1) is 0 Å². The Kier molecular flexibility index (Phi) is 4.58. The Morgan fingerprint density at radius 3 is 2.70 bits per heavy atom. The smallest absolute Gasteiger partial charge is 0.308 e. The number of carboxylic acids is 1. The van der Waals surface area contributed by atoms with Gasteiger partial charge in [0.2, 0.25) is 5.91 Å². The predicted octanol–water partition coefficient (Wildman–Crippen LogP) is 1.10. The van der Waals surface area contributed by atoms with Crippen LogP contribution in [0, 0.1) is 11.7 Å². The standard InChI is InChI=1S/C16H19FN2O4/c17-13-7-11(9-18-3-5-23-6-4-18)1-2-14(13)19-10-12(16(21)22)8-15(19)20/h1-2,7,12H,3-6,8-10H2,(H,21,22). The van der Waals surface area contributed by atoms with Crippen LogP contribution in [0.4, 0.5) is 10.1 Å². The number of hydrogen-bond acceptors (Lipinski definition) is 4. The average Bonchev–Trinajstić information content (AvgIpc) is 2.91. The third-order valence-corrected chi connectivity index (χ3v) is 4.29. The van der Waals surface area contributed by atoms with Gasteiger partial charge >= 0.3 is 5.97 Å². The summed E-state index contributed by atoms with van der Waals surface area (Å²) in [4.78, 5) is 26.3. The van der Waals surface area contributed by atoms with E-state index in [0.717, 1.165) is 18.7 Å². The maximum absolute atomic E-state index is 14.4. The molecule has 1 amide bonds. The van der Waals surface area contributed by atoms with Crippen molar-refractivity contribution in [3.8, 4) is 0 Å². The first kappa shape index (κ1) is 15.9. The Morgan fingerprint density at radius 2 is 2.09 bits per heavy atom. The Balaban J connectivity index is 1.72. The fraction of sp³-hybridized carbons (Fsp3) is 0.500. The highest BCUT2D eigenvalue weighted by Crippen LogP contribution is 2.28. The molecule has 0 radical (unpaired) electrons. The molecule has 0 saturated carbocycles. The van der Waals surface area contributed by atoms with Crippen molar-refractivity contribution in [3.63, 3.8) is 0 Å². The maximum atomic E-state index is 14.4. The molecule has 1 aromatic rings. The van der Waals surface area contributed by atoms with Gasteiger partial charge in [0.15, 0.2) is 0 Å². The first-order chi connectivity index (χ1) is 11.0. The monoisotopic (exact) mass is 322 g/mol. The number of carbonyl (C=O) groups is 2. The Hall–Kier alpha value is -1.99. The zero-order chi connectivity index (χ0) is 16.4. The highest BCUT2D eigenvalue weighted by atomic mass is 19.1. The molecule has 1 unspecified atom stereocenters. The van der Waals surface area contributed by atoms with Gasteiger partial charge in [-0.25, -0.2) is 4.39 Å². The van der Waals surface area contributed by atoms with Gasteiger partial charge in [0, 0.05) is 32.6 Å². The van der Waals surface area contributed by atoms with Gasteiger partial charge in [-0.05, 0) is 17.7 Å². The molecule has 0 bridgehead atoms. The topological polar surface area (TPSA) is 70.1 Å². The fourth-order valence-electron chi connectivity index (χ4n) is 2.99. The Labute approximate surface area is 133 Å². The van der Waals surface area contributed by atoms with E-state index in [2.05, 4.69) is 4.90 Å². The minimum atomic E-state index is -1.02. The Morgan fingerprint density at radius 1 is 1.35 bits per heavy atom. The largest absolute Gasteiger partial charge is 0.481 e. The number of carboxylic acid groups (broad SMARTS) is 1. The van der Waals surface area contributed by atoms with Crippen LogP contribution in [0.3, 0.4) is 0 Å². The molecule has 0 aliphatic carbocycles. The summed E-state index contributed by atoms with van der Waals surface area (Å²) >= 11 is 0. The Bertz CT molecular complexity index is 616. The van der Waals surface area contributed by atoms with Gasteiger partial charge in [-0.3, -0.25) is 14.5 Å². The molecule has 2 aliphatic rings. The second-order valence-corrected chi connectivity index (χ2v) is 5.92. The molecule has 2 saturated heterocycles. The van der Waals surface area contributed by atoms with E-state index in [0.29, 0.717) is 19.8 Å². The number of rotatable bonds is 4. The first-order valence-corrected chi connectivity index (χ1v) is 7.66. The number of morpholine rings is 1. The van der Waals surface area contributed by atoms with Gasteiger partial charge in [0.25, 0.3) is 0 Å². The lowest BCUT2D eigenvalue weighted by atomic mass is 10.1. The molecule has 0 spiro atoms. The lowest BCUT2D eigenvalue weighted by molar-refractivity contribution is -0.141. The highest BCUT2D eigenvalue weighted by Gasteiger charge is 2.36. The van der Waals surface area contributed by atoms with Crippen LogP contribution in [-0.2, 0) is 20.9 Å². The van der Waals surface area contributed by atoms with Crippen LogP contribution in [0.15, 0.2) is 18.2 Å². The van der Waals surface area contributed by atoms with Crippen molar-refractivity contribution in [2.75, 3.05) is 37.7 Å². The van der Waals surface area contributed by atoms with Crippen LogP contribution < -0.4 is 4.90 Å². The molecule has 2 fully saturated rings. The third-order valence-electron chi connectivity index (χ3n) is 4.29. The lowest BCUT2D eigenvalue weighted by Crippen LogP contribution is -2.35. The number of anilines is 1. The van der Waals surface area contributed by atoms with E-state index in [1.54, 1.807) is 12.1 Å². The van der Waals surface area contributed by atoms with Crippen molar-refractivity contribution >= 4 is 17.6 Å². The minimum absolute atomic E-state index is 0.0217. The summed E-state index contributed by atoms with van der Waals surface area (Å²) < 4.78 is 19.7. The molecule has 23 heavy (non-hydrogen) atoms. The zero-order valence-electron chi connectivity index (χ0n) is 12.7. The third kappa shape index (κ3) is 3.51. The number of benzene rings is 1. The molecule has 1 N–H and O–H groups in total. The average molecular weight is 322 g/mol. The van der Waals surface area contributed by atoms with E-state index in [1.807, 2.05) is 0 Å². The summed E-state index contributed by atoms with van der Waals surface area (Å²) in [6.07, 6.45) is -0.0791. The van der Waals surface area contributed by atoms with Crippen LogP contribution in [0.25, 0.3) is 0 Å². The molecule has 2 heterocycles. The van der Waals surface area contributed by atoms with Crippen molar-refractivity contribution < 1.29 is 23.8 Å². The summed E-state index contributed by atoms with van der Waals surface area (Å²) in [5, 5.41) is 9.00.